The number of halogens is 3. The Hall–Kier alpha value is -2.51. The van der Waals surface area contributed by atoms with Gasteiger partial charge in [-0.05, 0) is 36.6 Å². The van der Waals surface area contributed by atoms with Crippen molar-refractivity contribution in [2.75, 3.05) is 37.0 Å². The van der Waals surface area contributed by atoms with E-state index in [0.717, 1.165) is 37.2 Å². The fraction of sp³-hybridized carbons (Fsp3) is 0.630. The van der Waals surface area contributed by atoms with E-state index < -0.39 is 17.9 Å². The van der Waals surface area contributed by atoms with Crippen LogP contribution in [0, 0.1) is 0 Å². The van der Waals surface area contributed by atoms with E-state index >= 15 is 0 Å². The Morgan fingerprint density at radius 3 is 2.23 bits per heavy atom. The summed E-state index contributed by atoms with van der Waals surface area (Å²) in [5.74, 6) is -1.94. The molecule has 194 valence electrons. The lowest BCUT2D eigenvalue weighted by Gasteiger charge is -2.22. The molecular weight excluding hydrogens is 453 g/mol. The molecule has 0 aromatic heterocycles. The number of rotatable bonds is 13. The number of amides is 1. The standard InChI is InChI=1S/C27H39F3N4O/c1-4-5-6-7-8-9-10-11-12-13-17-33-18-16-21-19-22(14-15-24(21)33)34-25(35)23(20-32(2)3)31-26(34)27(28,29)30/h14-15,19-20H,4-13,16-18H2,1-3H3/b23-20+. The van der Waals surface area contributed by atoms with Gasteiger partial charge in [0.1, 0.15) is 5.70 Å². The molecule has 0 saturated carbocycles. The van der Waals surface area contributed by atoms with E-state index in [1.165, 1.54) is 68.9 Å². The van der Waals surface area contributed by atoms with Crippen molar-refractivity contribution in [1.82, 2.24) is 4.90 Å². The summed E-state index contributed by atoms with van der Waals surface area (Å²) in [6, 6.07) is 5.17. The Balaban J connectivity index is 1.55. The molecule has 0 bridgehead atoms. The molecule has 35 heavy (non-hydrogen) atoms. The molecular formula is C27H39F3N4O. The molecule has 1 amide bonds. The summed E-state index contributed by atoms with van der Waals surface area (Å²) in [6.45, 7) is 4.05. The van der Waals surface area contributed by atoms with Crippen LogP contribution in [0.1, 0.15) is 76.7 Å². The summed E-state index contributed by atoms with van der Waals surface area (Å²) in [6.07, 6.45) is 10.2. The molecule has 0 unspecified atom stereocenters. The number of anilines is 2. The molecule has 1 aromatic rings. The number of amidine groups is 1. The number of carbonyl (C=O) groups is 1. The fourth-order valence-corrected chi connectivity index (χ4v) is 4.80. The minimum atomic E-state index is -4.72. The summed E-state index contributed by atoms with van der Waals surface area (Å²) in [7, 11) is 3.29. The van der Waals surface area contributed by atoms with E-state index in [2.05, 4.69) is 16.8 Å². The zero-order valence-corrected chi connectivity index (χ0v) is 21.3. The van der Waals surface area contributed by atoms with Crippen LogP contribution in [-0.2, 0) is 11.2 Å². The van der Waals surface area contributed by atoms with Crippen molar-refractivity contribution in [2.45, 2.75) is 83.7 Å². The topological polar surface area (TPSA) is 39.1 Å². The molecule has 8 heteroatoms. The van der Waals surface area contributed by atoms with Gasteiger partial charge in [0.2, 0.25) is 5.84 Å². The predicted octanol–water partition coefficient (Wildman–Crippen LogP) is 6.68. The average molecular weight is 493 g/mol. The van der Waals surface area contributed by atoms with Crippen LogP contribution >= 0.6 is 0 Å². The molecule has 0 saturated heterocycles. The Kier molecular flexibility index (Phi) is 9.63. The van der Waals surface area contributed by atoms with Gasteiger partial charge in [-0.2, -0.15) is 13.2 Å². The maximum atomic E-state index is 13.7. The predicted molar refractivity (Wildman–Crippen MR) is 137 cm³/mol. The van der Waals surface area contributed by atoms with Gasteiger partial charge in [-0.25, -0.2) is 4.99 Å². The van der Waals surface area contributed by atoms with Crippen molar-refractivity contribution in [1.29, 1.82) is 0 Å². The Morgan fingerprint density at radius 1 is 1.00 bits per heavy atom. The van der Waals surface area contributed by atoms with Gasteiger partial charge in [-0.15, -0.1) is 0 Å². The first-order chi connectivity index (χ1) is 16.7. The van der Waals surface area contributed by atoms with Gasteiger partial charge in [0.05, 0.1) is 5.69 Å². The van der Waals surface area contributed by atoms with Crippen molar-refractivity contribution in [2.24, 2.45) is 4.99 Å². The molecule has 2 aliphatic heterocycles. The van der Waals surface area contributed by atoms with Crippen LogP contribution in [0.4, 0.5) is 24.5 Å². The number of aliphatic imine (C=N–C) groups is 1. The van der Waals surface area contributed by atoms with Crippen molar-refractivity contribution < 1.29 is 18.0 Å². The lowest BCUT2D eigenvalue weighted by molar-refractivity contribution is -0.114. The zero-order chi connectivity index (χ0) is 25.4. The average Bonchev–Trinajstić information content (AvgIpc) is 3.35. The number of unbranched alkanes of at least 4 members (excludes halogenated alkanes) is 9. The summed E-state index contributed by atoms with van der Waals surface area (Å²) >= 11 is 0. The fourth-order valence-electron chi connectivity index (χ4n) is 4.80. The van der Waals surface area contributed by atoms with E-state index in [9.17, 15) is 18.0 Å². The van der Waals surface area contributed by atoms with E-state index in [0.29, 0.717) is 4.90 Å². The molecule has 0 spiro atoms. The van der Waals surface area contributed by atoms with Crippen LogP contribution in [-0.4, -0.2) is 50.0 Å². The minimum absolute atomic E-state index is 0.216. The Morgan fingerprint density at radius 2 is 1.63 bits per heavy atom. The number of benzene rings is 1. The molecule has 5 nitrogen and oxygen atoms in total. The molecule has 0 radical (unpaired) electrons. The van der Waals surface area contributed by atoms with Crippen LogP contribution in [0.2, 0.25) is 0 Å². The quantitative estimate of drug-likeness (QED) is 0.228. The SMILES string of the molecule is CCCCCCCCCCCCN1CCc2cc(N3C(=O)/C(=C\N(C)C)N=C3C(F)(F)F)ccc21. The highest BCUT2D eigenvalue weighted by atomic mass is 19.4. The summed E-state index contributed by atoms with van der Waals surface area (Å²) in [5, 5.41) is 0. The van der Waals surface area contributed by atoms with Gasteiger partial charge in [-0.1, -0.05) is 64.7 Å². The van der Waals surface area contributed by atoms with Crippen LogP contribution < -0.4 is 9.80 Å². The van der Waals surface area contributed by atoms with E-state index in [1.807, 2.05) is 6.07 Å². The van der Waals surface area contributed by atoms with Gasteiger partial charge in [0.15, 0.2) is 0 Å². The Labute approximate surface area is 207 Å². The third kappa shape index (κ3) is 7.24. The van der Waals surface area contributed by atoms with Gasteiger partial charge >= 0.3 is 6.18 Å². The molecule has 0 aliphatic carbocycles. The summed E-state index contributed by atoms with van der Waals surface area (Å²) in [5.41, 5.74) is 2.04. The molecule has 0 atom stereocenters. The molecule has 0 fully saturated rings. The lowest BCUT2D eigenvalue weighted by atomic mass is 10.1. The van der Waals surface area contributed by atoms with Gasteiger partial charge in [0.25, 0.3) is 5.91 Å². The monoisotopic (exact) mass is 492 g/mol. The Bertz CT molecular complexity index is 923. The first-order valence-corrected chi connectivity index (χ1v) is 13.0. The zero-order valence-electron chi connectivity index (χ0n) is 21.3. The number of fused-ring (bicyclic) bond motifs is 1. The van der Waals surface area contributed by atoms with Gasteiger partial charge < -0.3 is 9.80 Å². The third-order valence-electron chi connectivity index (χ3n) is 6.59. The summed E-state index contributed by atoms with van der Waals surface area (Å²) in [4.78, 5) is 20.9. The van der Waals surface area contributed by atoms with Gasteiger partial charge in [0, 0.05) is 39.1 Å². The summed E-state index contributed by atoms with van der Waals surface area (Å²) < 4.78 is 41.0. The van der Waals surface area contributed by atoms with Crippen LogP contribution in [0.25, 0.3) is 0 Å². The number of nitrogens with zero attached hydrogens (tertiary/aromatic N) is 4. The maximum absolute atomic E-state index is 13.7. The normalized spacial score (nSPS) is 16.9. The number of carbonyl (C=O) groups excluding carboxylic acids is 1. The lowest BCUT2D eigenvalue weighted by Crippen LogP contribution is -2.41. The largest absolute Gasteiger partial charge is 0.450 e. The van der Waals surface area contributed by atoms with Crippen molar-refractivity contribution >= 4 is 23.1 Å². The smallest absolute Gasteiger partial charge is 0.382 e. The van der Waals surface area contributed by atoms with E-state index in [4.69, 9.17) is 0 Å². The van der Waals surface area contributed by atoms with Crippen LogP contribution in [0.5, 0.6) is 0 Å². The number of hydrogen-bond donors (Lipinski definition) is 0. The molecule has 0 N–H and O–H groups in total. The molecule has 1 aromatic carbocycles. The van der Waals surface area contributed by atoms with Crippen molar-refractivity contribution in [3.63, 3.8) is 0 Å². The van der Waals surface area contributed by atoms with Crippen molar-refractivity contribution in [3.8, 4) is 0 Å². The molecule has 2 aliphatic rings. The second kappa shape index (κ2) is 12.5. The number of hydrogen-bond acceptors (Lipinski definition) is 4. The second-order valence-corrected chi connectivity index (χ2v) is 9.78. The van der Waals surface area contributed by atoms with Crippen LogP contribution in [0.15, 0.2) is 35.1 Å². The maximum Gasteiger partial charge on any atom is 0.450 e. The highest BCUT2D eigenvalue weighted by Crippen LogP contribution is 2.36. The molecule has 2 heterocycles. The van der Waals surface area contributed by atoms with E-state index in [1.54, 1.807) is 26.2 Å². The number of alkyl halides is 3. The highest BCUT2D eigenvalue weighted by molar-refractivity contribution is 6.29. The van der Waals surface area contributed by atoms with Crippen LogP contribution in [0.3, 0.4) is 0 Å². The van der Waals surface area contributed by atoms with Gasteiger partial charge in [-0.3, -0.25) is 9.69 Å². The first kappa shape index (κ1) is 27.1. The third-order valence-corrected chi connectivity index (χ3v) is 6.59. The van der Waals surface area contributed by atoms with E-state index in [-0.39, 0.29) is 11.4 Å². The first-order valence-electron chi connectivity index (χ1n) is 13.0. The van der Waals surface area contributed by atoms with Crippen molar-refractivity contribution in [3.05, 3.63) is 35.7 Å². The molecule has 3 rings (SSSR count). The highest BCUT2D eigenvalue weighted by Gasteiger charge is 2.48. The second-order valence-electron chi connectivity index (χ2n) is 9.78. The minimum Gasteiger partial charge on any atom is -0.382 e.